The number of benzene rings is 2. The van der Waals surface area contributed by atoms with Gasteiger partial charge in [-0.05, 0) is 37.6 Å². The molecule has 0 fully saturated rings. The van der Waals surface area contributed by atoms with Gasteiger partial charge in [-0.25, -0.2) is 13.4 Å². The maximum Gasteiger partial charge on any atom is 0.231 e. The number of halogens is 1. The molecule has 3 heterocycles. The van der Waals surface area contributed by atoms with Crippen LogP contribution in [0.25, 0.3) is 15.3 Å². The number of hydrogen-bond acceptors (Lipinski definition) is 8. The number of hydrogen-bond donors (Lipinski definition) is 1. The van der Waals surface area contributed by atoms with Crippen molar-refractivity contribution >= 4 is 54.7 Å². The summed E-state index contributed by atoms with van der Waals surface area (Å²) >= 11 is 7.22. The number of anilines is 1. The van der Waals surface area contributed by atoms with Crippen molar-refractivity contribution in [1.82, 2.24) is 14.8 Å². The van der Waals surface area contributed by atoms with Crippen LogP contribution in [0.1, 0.15) is 18.5 Å². The summed E-state index contributed by atoms with van der Waals surface area (Å²) in [5, 5.41) is 8.31. The van der Waals surface area contributed by atoms with Gasteiger partial charge >= 0.3 is 0 Å². The van der Waals surface area contributed by atoms with Crippen LogP contribution in [0.4, 0.5) is 5.82 Å². The minimum Gasteiger partial charge on any atom is -0.454 e. The molecule has 2 aromatic heterocycles. The fourth-order valence-corrected chi connectivity index (χ4v) is 5.90. The molecule has 34 heavy (non-hydrogen) atoms. The predicted octanol–water partition coefficient (Wildman–Crippen LogP) is 4.37. The summed E-state index contributed by atoms with van der Waals surface area (Å²) in [7, 11) is -3.50. The van der Waals surface area contributed by atoms with E-state index in [4.69, 9.17) is 21.1 Å². The summed E-state index contributed by atoms with van der Waals surface area (Å²) in [6, 6.07) is 11.4. The molecule has 0 aliphatic carbocycles. The second-order valence-corrected chi connectivity index (χ2v) is 11.2. The predicted molar refractivity (Wildman–Crippen MR) is 129 cm³/mol. The van der Waals surface area contributed by atoms with Gasteiger partial charge in [-0.2, -0.15) is 9.78 Å². The third-order valence-corrected chi connectivity index (χ3v) is 8.20. The highest BCUT2D eigenvalue weighted by atomic mass is 35.5. The largest absolute Gasteiger partial charge is 0.454 e. The first kappa shape index (κ1) is 22.6. The van der Waals surface area contributed by atoms with Crippen molar-refractivity contribution in [2.45, 2.75) is 24.7 Å². The average Bonchev–Trinajstić information content (AvgIpc) is 3.49. The lowest BCUT2D eigenvalue weighted by Gasteiger charge is -2.07. The maximum absolute atomic E-state index is 12.6. The first-order valence-electron chi connectivity index (χ1n) is 10.3. The van der Waals surface area contributed by atoms with E-state index in [2.05, 4.69) is 15.4 Å². The first-order chi connectivity index (χ1) is 16.3. The lowest BCUT2D eigenvalue weighted by atomic mass is 10.3. The maximum atomic E-state index is 12.6. The third kappa shape index (κ3) is 4.59. The van der Waals surface area contributed by atoms with E-state index < -0.39 is 9.84 Å². The van der Waals surface area contributed by atoms with Crippen molar-refractivity contribution in [3.63, 3.8) is 0 Å². The van der Waals surface area contributed by atoms with Gasteiger partial charge in [0, 0.05) is 29.6 Å². The van der Waals surface area contributed by atoms with Crippen LogP contribution in [0.15, 0.2) is 47.4 Å². The van der Waals surface area contributed by atoms with Crippen LogP contribution in [0.3, 0.4) is 0 Å². The Hall–Kier alpha value is -3.15. The molecule has 1 N–H and O–H groups in total. The van der Waals surface area contributed by atoms with Crippen LogP contribution in [0.5, 0.6) is 11.5 Å². The highest BCUT2D eigenvalue weighted by Gasteiger charge is 2.20. The molecule has 0 bridgehead atoms. The van der Waals surface area contributed by atoms with Gasteiger partial charge in [0.15, 0.2) is 21.3 Å². The molecule has 0 saturated heterocycles. The summed E-state index contributed by atoms with van der Waals surface area (Å²) in [6.45, 7) is 2.00. The smallest absolute Gasteiger partial charge is 0.231 e. The van der Waals surface area contributed by atoms with Gasteiger partial charge in [-0.15, -0.1) is 0 Å². The second-order valence-electron chi connectivity index (χ2n) is 7.68. The number of ether oxygens (including phenoxy) is 2. The molecule has 5 rings (SSSR count). The number of nitrogens with zero attached hydrogens (tertiary/aromatic N) is 3. The standard InChI is InChI=1S/C22H19ClN4O5S2/c1-13-9-20(25-21(28)3-2-8-34(29,30)15-6-4-14(23)5-7-15)27(26-13)22-24-16-10-17-18(32-12-31-17)11-19(16)33-22/h4-7,9-11H,2-3,8,12H2,1H3,(H,25,28). The van der Waals surface area contributed by atoms with Crippen molar-refractivity contribution in [2.75, 3.05) is 17.9 Å². The Morgan fingerprint density at radius 1 is 1.18 bits per heavy atom. The average molecular weight is 519 g/mol. The molecule has 2 aromatic carbocycles. The summed E-state index contributed by atoms with van der Waals surface area (Å²) in [5.41, 5.74) is 1.44. The molecule has 0 atom stereocenters. The van der Waals surface area contributed by atoms with Gasteiger partial charge in [0.1, 0.15) is 5.82 Å². The highest BCUT2D eigenvalue weighted by Crippen LogP contribution is 2.39. The van der Waals surface area contributed by atoms with Gasteiger partial charge < -0.3 is 14.8 Å². The molecule has 9 nitrogen and oxygen atoms in total. The van der Waals surface area contributed by atoms with E-state index in [0.29, 0.717) is 33.2 Å². The Morgan fingerprint density at radius 3 is 2.68 bits per heavy atom. The molecule has 0 saturated carbocycles. The molecule has 0 radical (unpaired) electrons. The minimum absolute atomic E-state index is 0.0400. The number of rotatable bonds is 7. The number of aromatic nitrogens is 3. The van der Waals surface area contributed by atoms with Crippen molar-refractivity contribution in [3.8, 4) is 16.6 Å². The Labute approximate surface area is 204 Å². The Morgan fingerprint density at radius 2 is 1.91 bits per heavy atom. The van der Waals surface area contributed by atoms with Crippen LogP contribution < -0.4 is 14.8 Å². The van der Waals surface area contributed by atoms with Crippen LogP contribution >= 0.6 is 22.9 Å². The number of nitrogens with one attached hydrogen (secondary N) is 1. The Bertz CT molecular complexity index is 1450. The number of carbonyl (C=O) groups is 1. The summed E-state index contributed by atoms with van der Waals surface area (Å²) < 4.78 is 38.2. The molecule has 4 aromatic rings. The van der Waals surface area contributed by atoms with E-state index >= 15 is 0 Å². The fraction of sp³-hybridized carbons (Fsp3) is 0.227. The molecule has 0 unspecified atom stereocenters. The molecule has 1 aliphatic rings. The second kappa shape index (κ2) is 8.90. The number of amides is 1. The van der Waals surface area contributed by atoms with Crippen LogP contribution in [0, 0.1) is 6.92 Å². The van der Waals surface area contributed by atoms with Crippen molar-refractivity contribution in [3.05, 3.63) is 53.2 Å². The van der Waals surface area contributed by atoms with E-state index in [1.807, 2.05) is 19.1 Å². The summed E-state index contributed by atoms with van der Waals surface area (Å²) in [5.74, 6) is 1.31. The number of aryl methyl sites for hydroxylation is 1. The van der Waals surface area contributed by atoms with Crippen molar-refractivity contribution in [2.24, 2.45) is 0 Å². The molecule has 1 amide bonds. The summed E-state index contributed by atoms with van der Waals surface area (Å²) in [6.07, 6.45) is 0.217. The quantitative estimate of drug-likeness (QED) is 0.386. The molecular formula is C22H19ClN4O5S2. The topological polar surface area (TPSA) is 112 Å². The van der Waals surface area contributed by atoms with Gasteiger partial charge in [-0.1, -0.05) is 22.9 Å². The number of carbonyl (C=O) groups excluding carboxylic acids is 1. The third-order valence-electron chi connectivity index (χ3n) is 5.14. The molecule has 1 aliphatic heterocycles. The first-order valence-corrected chi connectivity index (χ1v) is 13.2. The van der Waals surface area contributed by atoms with Crippen LogP contribution in [-0.4, -0.2) is 41.6 Å². The molecule has 0 spiro atoms. The van der Waals surface area contributed by atoms with Gasteiger partial charge in [0.25, 0.3) is 0 Å². The molecule has 176 valence electrons. The highest BCUT2D eigenvalue weighted by molar-refractivity contribution is 7.91. The van der Waals surface area contributed by atoms with E-state index in [-0.39, 0.29) is 36.2 Å². The lowest BCUT2D eigenvalue weighted by Crippen LogP contribution is -2.16. The van der Waals surface area contributed by atoms with E-state index in [0.717, 1.165) is 10.2 Å². The number of fused-ring (bicyclic) bond motifs is 2. The summed E-state index contributed by atoms with van der Waals surface area (Å²) in [4.78, 5) is 17.4. The van der Waals surface area contributed by atoms with Crippen molar-refractivity contribution in [1.29, 1.82) is 0 Å². The van der Waals surface area contributed by atoms with E-state index in [1.54, 1.807) is 10.7 Å². The van der Waals surface area contributed by atoms with Gasteiger partial charge in [-0.3, -0.25) is 4.79 Å². The van der Waals surface area contributed by atoms with Crippen LogP contribution in [0.2, 0.25) is 5.02 Å². The lowest BCUT2D eigenvalue weighted by molar-refractivity contribution is -0.116. The minimum atomic E-state index is -3.50. The Kier molecular flexibility index (Phi) is 5.92. The van der Waals surface area contributed by atoms with E-state index in [9.17, 15) is 13.2 Å². The normalized spacial score (nSPS) is 12.9. The molecule has 12 heteroatoms. The zero-order valence-corrected chi connectivity index (χ0v) is 20.3. The van der Waals surface area contributed by atoms with Crippen LogP contribution in [-0.2, 0) is 14.6 Å². The number of thiazole rings is 1. The molecular weight excluding hydrogens is 500 g/mol. The monoisotopic (exact) mass is 518 g/mol. The zero-order chi connectivity index (χ0) is 23.9. The van der Waals surface area contributed by atoms with Crippen molar-refractivity contribution < 1.29 is 22.7 Å². The van der Waals surface area contributed by atoms with Gasteiger partial charge in [0.2, 0.25) is 17.8 Å². The van der Waals surface area contributed by atoms with E-state index in [1.165, 1.54) is 35.6 Å². The Balaban J connectivity index is 1.27. The van der Waals surface area contributed by atoms with Gasteiger partial charge in [0.05, 0.1) is 26.6 Å². The SMILES string of the molecule is Cc1cc(NC(=O)CCCS(=O)(=O)c2ccc(Cl)cc2)n(-c2nc3cc4c(cc3s2)OCO4)n1. The fourth-order valence-electron chi connectivity index (χ4n) is 3.52. The zero-order valence-electron chi connectivity index (χ0n) is 17.9. The number of sulfone groups is 1.